The van der Waals surface area contributed by atoms with E-state index < -0.39 is 6.10 Å². The molecule has 1 amide bonds. The SMILES string of the molecule is CCNC(=NCC(=O)Nc1cccnc1)NCC(O)c1cc(Cl)cc(Cl)c1.I. The van der Waals surface area contributed by atoms with Crippen LogP contribution in [-0.2, 0) is 4.79 Å². The highest BCUT2D eigenvalue weighted by Crippen LogP contribution is 2.23. The zero-order chi connectivity index (χ0) is 19.6. The van der Waals surface area contributed by atoms with Crippen molar-refractivity contribution in [2.24, 2.45) is 4.99 Å². The third kappa shape index (κ3) is 8.59. The Kier molecular flexibility index (Phi) is 11.1. The van der Waals surface area contributed by atoms with Gasteiger partial charge in [0.25, 0.3) is 0 Å². The van der Waals surface area contributed by atoms with Crippen LogP contribution in [0.1, 0.15) is 18.6 Å². The summed E-state index contributed by atoms with van der Waals surface area (Å²) in [6.45, 7) is 2.60. The molecule has 0 saturated heterocycles. The average Bonchev–Trinajstić information content (AvgIpc) is 2.63. The van der Waals surface area contributed by atoms with Crippen molar-refractivity contribution in [1.29, 1.82) is 0 Å². The number of nitrogens with one attached hydrogen (secondary N) is 3. The molecule has 2 rings (SSSR count). The molecule has 0 radical (unpaired) electrons. The number of carbonyl (C=O) groups is 1. The number of pyridine rings is 1. The number of aliphatic hydroxyl groups is 1. The Morgan fingerprint density at radius 2 is 1.96 bits per heavy atom. The highest BCUT2D eigenvalue weighted by atomic mass is 127. The topological polar surface area (TPSA) is 98.6 Å². The van der Waals surface area contributed by atoms with Gasteiger partial charge in [0, 0.05) is 29.3 Å². The number of nitrogens with zero attached hydrogens (tertiary/aromatic N) is 2. The number of aromatic nitrogens is 1. The number of amides is 1. The third-order valence-electron chi connectivity index (χ3n) is 3.40. The number of carbonyl (C=O) groups excluding carboxylic acids is 1. The molecule has 4 N–H and O–H groups in total. The van der Waals surface area contributed by atoms with E-state index in [4.69, 9.17) is 23.2 Å². The first kappa shape index (κ1) is 24.4. The fourth-order valence-electron chi connectivity index (χ4n) is 2.21. The van der Waals surface area contributed by atoms with Crippen molar-refractivity contribution >= 4 is 64.7 Å². The Balaban J connectivity index is 0.00000392. The van der Waals surface area contributed by atoms with Crippen molar-refractivity contribution in [3.05, 3.63) is 58.3 Å². The second kappa shape index (κ2) is 12.8. The maximum atomic E-state index is 12.0. The van der Waals surface area contributed by atoms with Gasteiger partial charge < -0.3 is 21.1 Å². The quantitative estimate of drug-likeness (QED) is 0.247. The van der Waals surface area contributed by atoms with E-state index in [1.807, 2.05) is 6.92 Å². The number of aliphatic hydroxyl groups excluding tert-OH is 1. The fourth-order valence-corrected chi connectivity index (χ4v) is 2.75. The molecule has 0 spiro atoms. The molecule has 0 fully saturated rings. The molecule has 0 saturated carbocycles. The first-order valence-electron chi connectivity index (χ1n) is 8.34. The normalized spacial score (nSPS) is 11.9. The molecule has 0 aliphatic heterocycles. The number of anilines is 1. The van der Waals surface area contributed by atoms with Gasteiger partial charge >= 0.3 is 0 Å². The molecule has 10 heteroatoms. The fraction of sp³-hybridized carbons (Fsp3) is 0.278. The molecule has 1 unspecified atom stereocenters. The van der Waals surface area contributed by atoms with Gasteiger partial charge in [0.15, 0.2) is 5.96 Å². The van der Waals surface area contributed by atoms with E-state index >= 15 is 0 Å². The molecule has 1 aromatic carbocycles. The third-order valence-corrected chi connectivity index (χ3v) is 3.84. The number of guanidine groups is 1. The Morgan fingerprint density at radius 1 is 1.25 bits per heavy atom. The van der Waals surface area contributed by atoms with Crippen molar-refractivity contribution in [3.8, 4) is 0 Å². The number of halogens is 3. The van der Waals surface area contributed by atoms with Crippen LogP contribution in [0.5, 0.6) is 0 Å². The molecule has 0 bridgehead atoms. The molecule has 1 aromatic heterocycles. The van der Waals surface area contributed by atoms with E-state index in [0.29, 0.717) is 33.8 Å². The smallest absolute Gasteiger partial charge is 0.246 e. The predicted octanol–water partition coefficient (Wildman–Crippen LogP) is 3.23. The molecular weight excluding hydrogens is 516 g/mol. The van der Waals surface area contributed by atoms with Crippen molar-refractivity contribution in [1.82, 2.24) is 15.6 Å². The highest BCUT2D eigenvalue weighted by Gasteiger charge is 2.11. The van der Waals surface area contributed by atoms with Crippen molar-refractivity contribution in [3.63, 3.8) is 0 Å². The van der Waals surface area contributed by atoms with Gasteiger partial charge in [-0.25, -0.2) is 4.99 Å². The predicted molar refractivity (Wildman–Crippen MR) is 124 cm³/mol. The zero-order valence-electron chi connectivity index (χ0n) is 15.2. The Morgan fingerprint density at radius 3 is 2.57 bits per heavy atom. The summed E-state index contributed by atoms with van der Waals surface area (Å²) in [5, 5.41) is 19.9. The molecule has 28 heavy (non-hydrogen) atoms. The molecule has 152 valence electrons. The lowest BCUT2D eigenvalue weighted by molar-refractivity contribution is -0.114. The Bertz CT molecular complexity index is 773. The van der Waals surface area contributed by atoms with Gasteiger partial charge in [-0.15, -0.1) is 24.0 Å². The summed E-state index contributed by atoms with van der Waals surface area (Å²) in [4.78, 5) is 20.1. The number of rotatable bonds is 7. The van der Waals surface area contributed by atoms with E-state index in [2.05, 4.69) is 25.9 Å². The van der Waals surface area contributed by atoms with Crippen LogP contribution in [0.15, 0.2) is 47.7 Å². The number of aliphatic imine (C=N–C) groups is 1. The molecule has 1 atom stereocenters. The number of hydrogen-bond acceptors (Lipinski definition) is 4. The maximum absolute atomic E-state index is 12.0. The van der Waals surface area contributed by atoms with Crippen molar-refractivity contribution in [2.75, 3.05) is 25.0 Å². The van der Waals surface area contributed by atoms with E-state index in [0.717, 1.165) is 0 Å². The summed E-state index contributed by atoms with van der Waals surface area (Å²) in [5.41, 5.74) is 1.19. The van der Waals surface area contributed by atoms with Crippen LogP contribution in [0.4, 0.5) is 5.69 Å². The van der Waals surface area contributed by atoms with Gasteiger partial charge in [-0.1, -0.05) is 23.2 Å². The Hall–Kier alpha value is -1.62. The van der Waals surface area contributed by atoms with Gasteiger partial charge in [-0.3, -0.25) is 9.78 Å². The summed E-state index contributed by atoms with van der Waals surface area (Å²) < 4.78 is 0. The summed E-state index contributed by atoms with van der Waals surface area (Å²) >= 11 is 11.9. The van der Waals surface area contributed by atoms with Crippen LogP contribution in [0, 0.1) is 0 Å². The van der Waals surface area contributed by atoms with Crippen molar-refractivity contribution in [2.45, 2.75) is 13.0 Å². The molecule has 7 nitrogen and oxygen atoms in total. The summed E-state index contributed by atoms with van der Waals surface area (Å²) in [6, 6.07) is 8.36. The highest BCUT2D eigenvalue weighted by molar-refractivity contribution is 14.0. The maximum Gasteiger partial charge on any atom is 0.246 e. The van der Waals surface area contributed by atoms with Crippen LogP contribution in [0.25, 0.3) is 0 Å². The first-order valence-corrected chi connectivity index (χ1v) is 9.09. The largest absolute Gasteiger partial charge is 0.387 e. The summed E-state index contributed by atoms with van der Waals surface area (Å²) in [5.74, 6) is 0.133. The van der Waals surface area contributed by atoms with Gasteiger partial charge in [0.05, 0.1) is 18.0 Å². The van der Waals surface area contributed by atoms with Crippen LogP contribution in [-0.4, -0.2) is 41.6 Å². The van der Waals surface area contributed by atoms with Gasteiger partial charge in [-0.05, 0) is 42.8 Å². The number of hydrogen-bond donors (Lipinski definition) is 4. The lowest BCUT2D eigenvalue weighted by atomic mass is 10.1. The van der Waals surface area contributed by atoms with Crippen LogP contribution in [0.2, 0.25) is 10.0 Å². The molecular formula is C18H22Cl2IN5O2. The van der Waals surface area contributed by atoms with Crippen LogP contribution < -0.4 is 16.0 Å². The monoisotopic (exact) mass is 537 g/mol. The summed E-state index contributed by atoms with van der Waals surface area (Å²) in [7, 11) is 0. The molecule has 0 aliphatic carbocycles. The van der Waals surface area contributed by atoms with E-state index in [1.165, 1.54) is 0 Å². The minimum Gasteiger partial charge on any atom is -0.387 e. The Labute approximate surface area is 191 Å². The van der Waals surface area contributed by atoms with Crippen LogP contribution in [0.3, 0.4) is 0 Å². The minimum absolute atomic E-state index is 0. The second-order valence-electron chi connectivity index (χ2n) is 5.58. The zero-order valence-corrected chi connectivity index (χ0v) is 19.0. The average molecular weight is 538 g/mol. The lowest BCUT2D eigenvalue weighted by Gasteiger charge is -2.16. The standard InChI is InChI=1S/C18H21Cl2N5O2.HI/c1-2-22-18(24-11-17(27)25-15-4-3-5-21-9-15)23-10-16(26)12-6-13(19)8-14(20)7-12;/h3-9,16,26H,2,10-11H2,1H3,(H,25,27)(H2,22,23,24);1H. The molecule has 0 aliphatic rings. The summed E-state index contributed by atoms with van der Waals surface area (Å²) in [6.07, 6.45) is 2.34. The van der Waals surface area contributed by atoms with E-state index in [1.54, 1.807) is 42.7 Å². The second-order valence-corrected chi connectivity index (χ2v) is 6.46. The van der Waals surface area contributed by atoms with Gasteiger partial charge in [0.1, 0.15) is 6.54 Å². The van der Waals surface area contributed by atoms with Crippen LogP contribution >= 0.6 is 47.2 Å². The first-order chi connectivity index (χ1) is 13.0. The molecule has 1 heterocycles. The van der Waals surface area contributed by atoms with E-state index in [9.17, 15) is 9.90 Å². The lowest BCUT2D eigenvalue weighted by Crippen LogP contribution is -2.40. The van der Waals surface area contributed by atoms with E-state index in [-0.39, 0.29) is 43.0 Å². The number of benzene rings is 1. The van der Waals surface area contributed by atoms with Gasteiger partial charge in [0.2, 0.25) is 5.91 Å². The van der Waals surface area contributed by atoms with Gasteiger partial charge in [-0.2, -0.15) is 0 Å². The van der Waals surface area contributed by atoms with Crippen molar-refractivity contribution < 1.29 is 9.90 Å². The minimum atomic E-state index is -0.839. The molecule has 2 aromatic rings.